The molecule has 0 saturated carbocycles. The maximum Gasteiger partial charge on any atom is 0.344 e. The monoisotopic (exact) mass is 522 g/mol. The second kappa shape index (κ2) is 11.5. The fourth-order valence-electron chi connectivity index (χ4n) is 6.09. The van der Waals surface area contributed by atoms with Crippen LogP contribution in [0.3, 0.4) is 0 Å². The van der Waals surface area contributed by atoms with Crippen LogP contribution in [0.4, 0.5) is 0 Å². The smallest absolute Gasteiger partial charge is 0.344 e. The summed E-state index contributed by atoms with van der Waals surface area (Å²) in [7, 11) is 0. The molecule has 0 bridgehead atoms. The molecule has 6 nitrogen and oxygen atoms in total. The molecule has 6 heteroatoms. The number of esters is 1. The molecule has 0 amide bonds. The van der Waals surface area contributed by atoms with Gasteiger partial charge in [0.05, 0.1) is 12.6 Å². The highest BCUT2D eigenvalue weighted by atomic mass is 16.6. The average Bonchev–Trinajstić information content (AvgIpc) is 3.65. The third-order valence-electron chi connectivity index (χ3n) is 7.79. The molecule has 6 rings (SSSR count). The van der Waals surface area contributed by atoms with E-state index >= 15 is 0 Å². The number of likely N-dealkylation sites (tertiary alicyclic amines) is 1. The molecule has 0 N–H and O–H groups in total. The Hall–Kier alpha value is -3.90. The van der Waals surface area contributed by atoms with Crippen LogP contribution in [0.1, 0.15) is 61.7 Å². The first-order chi connectivity index (χ1) is 19.2. The molecule has 0 unspecified atom stereocenters. The quantitative estimate of drug-likeness (QED) is 0.229. The van der Waals surface area contributed by atoms with E-state index in [1.165, 1.54) is 11.1 Å². The van der Waals surface area contributed by atoms with E-state index in [1.54, 1.807) is 6.92 Å². The molecule has 1 aliphatic carbocycles. The van der Waals surface area contributed by atoms with Crippen LogP contribution in [0.25, 0.3) is 22.6 Å². The Morgan fingerprint density at radius 1 is 0.923 bits per heavy atom. The molecule has 4 aromatic rings. The first-order valence-electron chi connectivity index (χ1n) is 14.0. The van der Waals surface area contributed by atoms with E-state index in [0.29, 0.717) is 6.61 Å². The second-order valence-corrected chi connectivity index (χ2v) is 10.2. The third kappa shape index (κ3) is 5.21. The number of aromatic nitrogens is 1. The van der Waals surface area contributed by atoms with Crippen LogP contribution in [0.5, 0.6) is 5.75 Å². The maximum absolute atomic E-state index is 11.9. The van der Waals surface area contributed by atoms with E-state index in [9.17, 15) is 4.79 Å². The number of hydrogen-bond donors (Lipinski definition) is 0. The van der Waals surface area contributed by atoms with Crippen molar-refractivity contribution in [3.05, 3.63) is 95.9 Å². The van der Waals surface area contributed by atoms with Crippen molar-refractivity contribution in [2.45, 2.75) is 51.1 Å². The van der Waals surface area contributed by atoms with Crippen molar-refractivity contribution in [1.82, 2.24) is 9.88 Å². The lowest BCUT2D eigenvalue weighted by atomic mass is 9.86. The summed E-state index contributed by atoms with van der Waals surface area (Å²) in [6.45, 7) is 3.08. The third-order valence-corrected chi connectivity index (χ3v) is 7.79. The molecule has 0 radical (unpaired) electrons. The van der Waals surface area contributed by atoms with E-state index in [4.69, 9.17) is 18.9 Å². The minimum atomic E-state index is -0.339. The minimum absolute atomic E-state index is 0.0673. The van der Waals surface area contributed by atoms with Gasteiger partial charge in [-0.25, -0.2) is 9.78 Å². The number of carbonyl (C=O) groups is 1. The van der Waals surface area contributed by atoms with Gasteiger partial charge < -0.3 is 13.9 Å². The maximum atomic E-state index is 11.9. The Balaban J connectivity index is 1.32. The summed E-state index contributed by atoms with van der Waals surface area (Å²) < 4.78 is 17.6. The summed E-state index contributed by atoms with van der Waals surface area (Å²) in [6, 6.07) is 27.1. The molecular formula is C33H34N2O4. The number of hydrogen-bond acceptors (Lipinski definition) is 6. The summed E-state index contributed by atoms with van der Waals surface area (Å²) in [5.74, 6) is 2.05. The zero-order valence-corrected chi connectivity index (χ0v) is 22.3. The van der Waals surface area contributed by atoms with Gasteiger partial charge in [0.1, 0.15) is 11.4 Å². The molecule has 1 fully saturated rings. The lowest BCUT2D eigenvalue weighted by Gasteiger charge is -2.36. The molecule has 3 aromatic carbocycles. The molecule has 1 aliphatic heterocycles. The molecule has 2 heterocycles. The summed E-state index contributed by atoms with van der Waals surface area (Å²) in [4.78, 5) is 19.6. The molecule has 1 aromatic heterocycles. The van der Waals surface area contributed by atoms with Gasteiger partial charge in [-0.1, -0.05) is 72.8 Å². The Labute approximate surface area is 229 Å². The highest BCUT2D eigenvalue weighted by Crippen LogP contribution is 2.46. The Kier molecular flexibility index (Phi) is 7.46. The van der Waals surface area contributed by atoms with Crippen LogP contribution >= 0.6 is 0 Å². The lowest BCUT2D eigenvalue weighted by Crippen LogP contribution is -2.31. The van der Waals surface area contributed by atoms with Crippen molar-refractivity contribution in [2.75, 3.05) is 19.8 Å². The van der Waals surface area contributed by atoms with Gasteiger partial charge in [0, 0.05) is 17.2 Å². The van der Waals surface area contributed by atoms with E-state index in [0.717, 1.165) is 72.9 Å². The predicted molar refractivity (Wildman–Crippen MR) is 150 cm³/mol. The van der Waals surface area contributed by atoms with Crippen molar-refractivity contribution >= 4 is 5.97 Å². The molecule has 1 saturated heterocycles. The summed E-state index contributed by atoms with van der Waals surface area (Å²) in [5, 5.41) is 0. The molecule has 2 atom stereocenters. The highest BCUT2D eigenvalue weighted by Gasteiger charge is 2.38. The molecule has 0 spiro atoms. The topological polar surface area (TPSA) is 64.8 Å². The largest absolute Gasteiger partial charge is 0.482 e. The second-order valence-electron chi connectivity index (χ2n) is 10.2. The number of benzene rings is 3. The Bertz CT molecular complexity index is 1360. The van der Waals surface area contributed by atoms with Crippen LogP contribution in [0.15, 0.2) is 83.3 Å². The van der Waals surface area contributed by atoms with Crippen LogP contribution in [0.2, 0.25) is 0 Å². The van der Waals surface area contributed by atoms with Gasteiger partial charge in [-0.2, -0.15) is 0 Å². The average molecular weight is 523 g/mol. The van der Waals surface area contributed by atoms with Gasteiger partial charge in [0.25, 0.3) is 0 Å². The number of ether oxygens (including phenoxy) is 2. The van der Waals surface area contributed by atoms with Crippen molar-refractivity contribution in [1.29, 1.82) is 0 Å². The number of carbonyl (C=O) groups excluding carboxylic acids is 1. The minimum Gasteiger partial charge on any atom is -0.482 e. The Morgan fingerprint density at radius 3 is 2.44 bits per heavy atom. The standard InChI is InChI=1S/C33H34N2O4/c1-2-37-30(36)22-38-29-20-10-16-25-26(29)17-9-18-27(25)35-21-11-19-28(35)33-34-31(23-12-5-3-6-13-23)32(39-33)24-14-7-4-8-15-24/h3-8,10,12-16,20,27-28H,2,9,11,17-19,21-22H2,1H3/t27-,28+/m0/s1. The first-order valence-corrected chi connectivity index (χ1v) is 14.0. The van der Waals surface area contributed by atoms with Gasteiger partial charge in [0.15, 0.2) is 12.4 Å². The Morgan fingerprint density at radius 2 is 1.67 bits per heavy atom. The van der Waals surface area contributed by atoms with Crippen LogP contribution in [0, 0.1) is 0 Å². The SMILES string of the molecule is CCOC(=O)COc1cccc2c1CCC[C@@H]2N1CCC[C@@H]1c1nc(-c2ccccc2)c(-c2ccccc2)o1. The highest BCUT2D eigenvalue weighted by molar-refractivity contribution is 5.76. The molecule has 39 heavy (non-hydrogen) atoms. The number of oxazole rings is 1. The molecule has 200 valence electrons. The zero-order valence-electron chi connectivity index (χ0n) is 22.3. The number of nitrogens with zero attached hydrogens (tertiary/aromatic N) is 2. The van der Waals surface area contributed by atoms with Crippen LogP contribution in [-0.4, -0.2) is 35.6 Å². The zero-order chi connectivity index (χ0) is 26.6. The molecular weight excluding hydrogens is 488 g/mol. The van der Waals surface area contributed by atoms with E-state index < -0.39 is 0 Å². The van der Waals surface area contributed by atoms with Crippen molar-refractivity contribution in [3.63, 3.8) is 0 Å². The van der Waals surface area contributed by atoms with Gasteiger partial charge >= 0.3 is 5.97 Å². The van der Waals surface area contributed by atoms with Crippen molar-refractivity contribution in [3.8, 4) is 28.3 Å². The fourth-order valence-corrected chi connectivity index (χ4v) is 6.09. The summed E-state index contributed by atoms with van der Waals surface area (Å²) in [5.41, 5.74) is 5.47. The van der Waals surface area contributed by atoms with Crippen LogP contribution in [-0.2, 0) is 16.0 Å². The first kappa shape index (κ1) is 25.4. The van der Waals surface area contributed by atoms with Crippen molar-refractivity contribution < 1.29 is 18.7 Å². The van der Waals surface area contributed by atoms with Gasteiger partial charge in [-0.15, -0.1) is 0 Å². The predicted octanol–water partition coefficient (Wildman–Crippen LogP) is 7.17. The summed E-state index contributed by atoms with van der Waals surface area (Å²) >= 11 is 0. The van der Waals surface area contributed by atoms with Gasteiger partial charge in [0.2, 0.25) is 5.89 Å². The number of fused-ring (bicyclic) bond motifs is 1. The van der Waals surface area contributed by atoms with E-state index in [-0.39, 0.29) is 24.7 Å². The fraction of sp³-hybridized carbons (Fsp3) is 0.333. The van der Waals surface area contributed by atoms with Crippen molar-refractivity contribution in [2.24, 2.45) is 0 Å². The summed E-state index contributed by atoms with van der Waals surface area (Å²) in [6.07, 6.45) is 5.19. The van der Waals surface area contributed by atoms with Gasteiger partial charge in [-0.3, -0.25) is 4.90 Å². The number of rotatable bonds is 8. The molecule has 2 aliphatic rings. The van der Waals surface area contributed by atoms with Gasteiger partial charge in [-0.05, 0) is 62.8 Å². The van der Waals surface area contributed by atoms with E-state index in [2.05, 4.69) is 35.2 Å². The lowest BCUT2D eigenvalue weighted by molar-refractivity contribution is -0.145. The van der Waals surface area contributed by atoms with E-state index in [1.807, 2.05) is 48.5 Å². The van der Waals surface area contributed by atoms with Crippen LogP contribution < -0.4 is 4.74 Å². The normalized spacial score (nSPS) is 19.0.